The van der Waals surface area contributed by atoms with Gasteiger partial charge >= 0.3 is 0 Å². The molecule has 22 heavy (non-hydrogen) atoms. The number of benzene rings is 1. The van der Waals surface area contributed by atoms with E-state index in [4.69, 9.17) is 16.6 Å². The summed E-state index contributed by atoms with van der Waals surface area (Å²) in [6.45, 7) is 4.32. The molecule has 5 heteroatoms. The first-order chi connectivity index (χ1) is 10.7. The van der Waals surface area contributed by atoms with Crippen molar-refractivity contribution in [3.63, 3.8) is 0 Å². The van der Waals surface area contributed by atoms with Gasteiger partial charge in [0, 0.05) is 37.2 Å². The molecule has 1 aromatic carbocycles. The zero-order valence-electron chi connectivity index (χ0n) is 13.1. The van der Waals surface area contributed by atoms with Gasteiger partial charge in [0.2, 0.25) is 5.95 Å². The van der Waals surface area contributed by atoms with Crippen LogP contribution in [0.1, 0.15) is 31.7 Å². The van der Waals surface area contributed by atoms with Gasteiger partial charge in [0.15, 0.2) is 0 Å². The van der Waals surface area contributed by atoms with Gasteiger partial charge in [-0.25, -0.2) is 4.98 Å². The Kier molecular flexibility index (Phi) is 3.74. The summed E-state index contributed by atoms with van der Waals surface area (Å²) in [5.41, 5.74) is 2.28. The van der Waals surface area contributed by atoms with E-state index in [9.17, 15) is 0 Å². The standard InChI is InChI=1S/C17H23ClN4/c1-20-8-10-21(11-9-20)17-19-15-12-13(18)6-7-16(15)22(17)14-4-2-3-5-14/h6-7,12,14H,2-5,8-11H2,1H3. The predicted molar refractivity (Wildman–Crippen MR) is 92.0 cm³/mol. The molecule has 4 nitrogen and oxygen atoms in total. The quantitative estimate of drug-likeness (QED) is 0.846. The fourth-order valence-corrected chi connectivity index (χ4v) is 3.98. The summed E-state index contributed by atoms with van der Waals surface area (Å²) in [5, 5.41) is 0.772. The normalized spacial score (nSPS) is 21.1. The molecule has 1 saturated heterocycles. The molecule has 0 N–H and O–H groups in total. The number of fused-ring (bicyclic) bond motifs is 1. The third-order valence-corrected chi connectivity index (χ3v) is 5.34. The number of rotatable bonds is 2. The number of nitrogens with zero attached hydrogens (tertiary/aromatic N) is 4. The third-order valence-electron chi connectivity index (χ3n) is 5.11. The summed E-state index contributed by atoms with van der Waals surface area (Å²) in [6.07, 6.45) is 5.21. The maximum atomic E-state index is 6.18. The van der Waals surface area contributed by atoms with E-state index in [2.05, 4.69) is 27.5 Å². The minimum atomic E-state index is 0.598. The van der Waals surface area contributed by atoms with E-state index in [1.165, 1.54) is 31.2 Å². The molecule has 2 heterocycles. The van der Waals surface area contributed by atoms with Crippen molar-refractivity contribution in [1.29, 1.82) is 0 Å². The lowest BCUT2D eigenvalue weighted by Gasteiger charge is -2.34. The number of halogens is 1. The van der Waals surface area contributed by atoms with Gasteiger partial charge in [-0.15, -0.1) is 0 Å². The fourth-order valence-electron chi connectivity index (χ4n) is 3.81. The molecule has 0 spiro atoms. The number of piperazine rings is 1. The Morgan fingerprint density at radius 2 is 1.82 bits per heavy atom. The number of hydrogen-bond donors (Lipinski definition) is 0. The highest BCUT2D eigenvalue weighted by molar-refractivity contribution is 6.31. The Morgan fingerprint density at radius 1 is 1.09 bits per heavy atom. The van der Waals surface area contributed by atoms with Crippen molar-refractivity contribution in [3.05, 3.63) is 23.2 Å². The van der Waals surface area contributed by atoms with Crippen LogP contribution >= 0.6 is 11.6 Å². The SMILES string of the molecule is CN1CCN(c2nc3cc(Cl)ccc3n2C2CCCC2)CC1. The smallest absolute Gasteiger partial charge is 0.206 e. The molecule has 4 rings (SSSR count). The van der Waals surface area contributed by atoms with Crippen LogP contribution in [0.25, 0.3) is 11.0 Å². The van der Waals surface area contributed by atoms with Gasteiger partial charge in [0.1, 0.15) is 0 Å². The van der Waals surface area contributed by atoms with Crippen molar-refractivity contribution in [2.75, 3.05) is 38.1 Å². The van der Waals surface area contributed by atoms with E-state index in [1.54, 1.807) is 0 Å². The van der Waals surface area contributed by atoms with E-state index >= 15 is 0 Å². The molecule has 1 saturated carbocycles. The maximum Gasteiger partial charge on any atom is 0.206 e. The topological polar surface area (TPSA) is 24.3 Å². The molecule has 0 bridgehead atoms. The number of anilines is 1. The van der Waals surface area contributed by atoms with E-state index in [1.807, 2.05) is 12.1 Å². The summed E-state index contributed by atoms with van der Waals surface area (Å²) >= 11 is 6.18. The second kappa shape index (κ2) is 5.74. The highest BCUT2D eigenvalue weighted by Gasteiger charge is 2.26. The Hall–Kier alpha value is -1.26. The van der Waals surface area contributed by atoms with E-state index in [0.29, 0.717) is 6.04 Å². The molecule has 0 unspecified atom stereocenters. The fraction of sp³-hybridized carbons (Fsp3) is 0.588. The van der Waals surface area contributed by atoms with E-state index < -0.39 is 0 Å². The first kappa shape index (κ1) is 14.3. The molecule has 2 aromatic rings. The van der Waals surface area contributed by atoms with Crippen molar-refractivity contribution in [2.45, 2.75) is 31.7 Å². The second-order valence-electron chi connectivity index (χ2n) is 6.64. The van der Waals surface area contributed by atoms with E-state index in [-0.39, 0.29) is 0 Å². The molecule has 1 aliphatic carbocycles. The summed E-state index contributed by atoms with van der Waals surface area (Å²) in [6, 6.07) is 6.73. The highest BCUT2D eigenvalue weighted by Crippen LogP contribution is 2.37. The van der Waals surface area contributed by atoms with Crippen molar-refractivity contribution in [1.82, 2.24) is 14.5 Å². The van der Waals surface area contributed by atoms with Gasteiger partial charge in [0.05, 0.1) is 11.0 Å². The Balaban J connectivity index is 1.79. The van der Waals surface area contributed by atoms with Crippen molar-refractivity contribution in [2.24, 2.45) is 0 Å². The summed E-state index contributed by atoms with van der Waals surface area (Å²) in [7, 11) is 2.19. The molecule has 0 amide bonds. The Bertz CT molecular complexity index is 667. The van der Waals surface area contributed by atoms with Crippen LogP contribution in [0.5, 0.6) is 0 Å². The molecule has 0 radical (unpaired) electrons. The Morgan fingerprint density at radius 3 is 2.55 bits per heavy atom. The van der Waals surface area contributed by atoms with Crippen LogP contribution in [-0.4, -0.2) is 47.7 Å². The zero-order chi connectivity index (χ0) is 15.1. The largest absolute Gasteiger partial charge is 0.340 e. The van der Waals surface area contributed by atoms with Crippen LogP contribution in [0.2, 0.25) is 5.02 Å². The number of likely N-dealkylation sites (N-methyl/N-ethyl adjacent to an activating group) is 1. The average molecular weight is 319 g/mol. The van der Waals surface area contributed by atoms with Crippen LogP contribution in [0.3, 0.4) is 0 Å². The molecular formula is C17H23ClN4. The van der Waals surface area contributed by atoms with Crippen LogP contribution in [-0.2, 0) is 0 Å². The number of imidazole rings is 1. The van der Waals surface area contributed by atoms with Crippen LogP contribution < -0.4 is 4.90 Å². The molecule has 2 fully saturated rings. The molecule has 1 aliphatic heterocycles. The minimum Gasteiger partial charge on any atom is -0.340 e. The summed E-state index contributed by atoms with van der Waals surface area (Å²) in [5.74, 6) is 1.15. The molecular weight excluding hydrogens is 296 g/mol. The van der Waals surface area contributed by atoms with Gasteiger partial charge < -0.3 is 14.4 Å². The number of aromatic nitrogens is 2. The Labute approximate surface area is 136 Å². The molecule has 2 aliphatic rings. The second-order valence-corrected chi connectivity index (χ2v) is 7.08. The zero-order valence-corrected chi connectivity index (χ0v) is 13.9. The molecule has 0 atom stereocenters. The highest BCUT2D eigenvalue weighted by atomic mass is 35.5. The van der Waals surface area contributed by atoms with Crippen LogP contribution in [0.4, 0.5) is 5.95 Å². The van der Waals surface area contributed by atoms with E-state index in [0.717, 1.165) is 42.7 Å². The van der Waals surface area contributed by atoms with Crippen LogP contribution in [0.15, 0.2) is 18.2 Å². The van der Waals surface area contributed by atoms with Crippen molar-refractivity contribution in [3.8, 4) is 0 Å². The monoisotopic (exact) mass is 318 g/mol. The summed E-state index contributed by atoms with van der Waals surface area (Å²) < 4.78 is 2.49. The first-order valence-corrected chi connectivity index (χ1v) is 8.71. The van der Waals surface area contributed by atoms with Gasteiger partial charge in [-0.3, -0.25) is 0 Å². The minimum absolute atomic E-state index is 0.598. The van der Waals surface area contributed by atoms with Crippen molar-refractivity contribution >= 4 is 28.6 Å². The van der Waals surface area contributed by atoms with Gasteiger partial charge in [-0.2, -0.15) is 0 Å². The molecule has 1 aromatic heterocycles. The van der Waals surface area contributed by atoms with Gasteiger partial charge in [-0.05, 0) is 38.1 Å². The lowest BCUT2D eigenvalue weighted by atomic mass is 10.2. The number of hydrogen-bond acceptors (Lipinski definition) is 3. The van der Waals surface area contributed by atoms with Crippen LogP contribution in [0, 0.1) is 0 Å². The van der Waals surface area contributed by atoms with Gasteiger partial charge in [0.25, 0.3) is 0 Å². The maximum absolute atomic E-state index is 6.18. The third kappa shape index (κ3) is 2.48. The first-order valence-electron chi connectivity index (χ1n) is 8.33. The average Bonchev–Trinajstić information content (AvgIpc) is 3.14. The lowest BCUT2D eigenvalue weighted by molar-refractivity contribution is 0.309. The summed E-state index contributed by atoms with van der Waals surface area (Å²) in [4.78, 5) is 9.79. The van der Waals surface area contributed by atoms with Gasteiger partial charge in [-0.1, -0.05) is 24.4 Å². The predicted octanol–water partition coefficient (Wildman–Crippen LogP) is 3.56. The van der Waals surface area contributed by atoms with Crippen molar-refractivity contribution < 1.29 is 0 Å². The lowest BCUT2D eigenvalue weighted by Crippen LogP contribution is -2.45. The molecule has 118 valence electrons.